The number of aromatic amines is 1. The molecule has 102 valence electrons. The second-order valence-corrected chi connectivity index (χ2v) is 4.56. The Bertz CT molecular complexity index is 736. The van der Waals surface area contributed by atoms with Gasteiger partial charge in [0, 0.05) is 6.20 Å². The van der Waals surface area contributed by atoms with E-state index in [1.807, 2.05) is 6.07 Å². The minimum Gasteiger partial charge on any atom is -0.493 e. The number of benzene rings is 1. The zero-order valence-electron chi connectivity index (χ0n) is 10.5. The summed E-state index contributed by atoms with van der Waals surface area (Å²) < 4.78 is 5.52. The molecule has 0 unspecified atom stereocenters. The van der Waals surface area contributed by atoms with Gasteiger partial charge in [0.1, 0.15) is 11.3 Å². The van der Waals surface area contributed by atoms with Gasteiger partial charge in [-0.05, 0) is 42.2 Å². The van der Waals surface area contributed by atoms with Crippen LogP contribution >= 0.6 is 0 Å². The maximum atomic E-state index is 11.3. The Morgan fingerprint density at radius 3 is 3.05 bits per heavy atom. The van der Waals surface area contributed by atoms with E-state index in [-0.39, 0.29) is 11.3 Å². The molecule has 0 fully saturated rings. The van der Waals surface area contributed by atoms with Crippen LogP contribution in [0.5, 0.6) is 5.75 Å². The van der Waals surface area contributed by atoms with Crippen molar-refractivity contribution in [3.63, 3.8) is 0 Å². The highest BCUT2D eigenvalue weighted by atomic mass is 16.5. The number of nitrogens with one attached hydrogen (secondary N) is 1. The van der Waals surface area contributed by atoms with Crippen molar-refractivity contribution in [2.24, 2.45) is 0 Å². The van der Waals surface area contributed by atoms with Gasteiger partial charge in [0.05, 0.1) is 12.3 Å². The molecular weight excluding hydrogens is 260 g/mol. The number of hydrogen-bond acceptors (Lipinski definition) is 4. The van der Waals surface area contributed by atoms with Crippen LogP contribution in [0.3, 0.4) is 0 Å². The Morgan fingerprint density at radius 2 is 2.25 bits per heavy atom. The van der Waals surface area contributed by atoms with Crippen LogP contribution in [0.25, 0.3) is 11.3 Å². The zero-order valence-corrected chi connectivity index (χ0v) is 10.5. The van der Waals surface area contributed by atoms with Crippen LogP contribution in [0.15, 0.2) is 29.2 Å². The molecular formula is C14H12N2O4. The first kappa shape index (κ1) is 12.4. The summed E-state index contributed by atoms with van der Waals surface area (Å²) in [5, 5.41) is 9.17. The van der Waals surface area contributed by atoms with E-state index >= 15 is 0 Å². The first-order valence-electron chi connectivity index (χ1n) is 6.24. The third kappa shape index (κ3) is 2.16. The molecule has 0 saturated heterocycles. The van der Waals surface area contributed by atoms with Gasteiger partial charge in [0.2, 0.25) is 0 Å². The quantitative estimate of drug-likeness (QED) is 0.863. The van der Waals surface area contributed by atoms with Crippen molar-refractivity contribution in [2.45, 2.75) is 12.8 Å². The summed E-state index contributed by atoms with van der Waals surface area (Å²) >= 11 is 0. The summed E-state index contributed by atoms with van der Waals surface area (Å²) in [5.41, 5.74) is 1.33. The molecule has 6 heteroatoms. The Labute approximate surface area is 114 Å². The van der Waals surface area contributed by atoms with Crippen LogP contribution in [0, 0.1) is 0 Å². The second kappa shape index (κ2) is 4.80. The molecule has 1 aromatic carbocycles. The van der Waals surface area contributed by atoms with E-state index in [4.69, 9.17) is 9.84 Å². The Morgan fingerprint density at radius 1 is 1.40 bits per heavy atom. The van der Waals surface area contributed by atoms with Crippen molar-refractivity contribution in [2.75, 3.05) is 6.61 Å². The molecule has 0 atom stereocenters. The van der Waals surface area contributed by atoms with E-state index in [1.54, 1.807) is 12.1 Å². The fourth-order valence-corrected chi connectivity index (χ4v) is 2.30. The Hall–Kier alpha value is -2.63. The number of carboxylic acid groups (broad SMARTS) is 1. The molecule has 1 aliphatic rings. The zero-order chi connectivity index (χ0) is 14.1. The lowest BCUT2D eigenvalue weighted by atomic mass is 10.00. The predicted octanol–water partition coefficient (Wildman–Crippen LogP) is 1.46. The van der Waals surface area contributed by atoms with Crippen LogP contribution < -0.4 is 10.4 Å². The number of ether oxygens (including phenoxy) is 1. The normalized spacial score (nSPS) is 13.4. The smallest absolute Gasteiger partial charge is 0.345 e. The molecule has 2 aromatic rings. The molecule has 0 spiro atoms. The molecule has 6 nitrogen and oxygen atoms in total. The second-order valence-electron chi connectivity index (χ2n) is 4.56. The maximum absolute atomic E-state index is 11.3. The fourth-order valence-electron chi connectivity index (χ4n) is 2.30. The summed E-state index contributed by atoms with van der Waals surface area (Å²) in [4.78, 5) is 28.5. The average Bonchev–Trinajstić information content (AvgIpc) is 2.46. The number of aromatic carboxylic acids is 1. The van der Waals surface area contributed by atoms with Gasteiger partial charge in [-0.25, -0.2) is 14.6 Å². The molecule has 2 heterocycles. The molecule has 0 bridgehead atoms. The van der Waals surface area contributed by atoms with Gasteiger partial charge in [-0.15, -0.1) is 0 Å². The lowest BCUT2D eigenvalue weighted by molar-refractivity contribution is 0.0697. The van der Waals surface area contributed by atoms with E-state index in [2.05, 4.69) is 9.97 Å². The first-order valence-corrected chi connectivity index (χ1v) is 6.24. The van der Waals surface area contributed by atoms with Crippen LogP contribution in [-0.2, 0) is 6.42 Å². The highest BCUT2D eigenvalue weighted by molar-refractivity contribution is 5.94. The summed E-state index contributed by atoms with van der Waals surface area (Å²) in [5.74, 6) is -0.314. The minimum absolute atomic E-state index is 0.0266. The minimum atomic E-state index is -1.13. The summed E-state index contributed by atoms with van der Waals surface area (Å²) in [6.45, 7) is 0.693. The standard InChI is InChI=1S/C14H12N2O4/c17-13(18)10-7-15-14(19)16-12(10)9-3-4-11-8(6-9)2-1-5-20-11/h3-4,6-7H,1-2,5H2,(H,17,18)(H,15,16,19). The largest absolute Gasteiger partial charge is 0.493 e. The Kier molecular flexibility index (Phi) is 2.98. The third-order valence-electron chi connectivity index (χ3n) is 3.24. The van der Waals surface area contributed by atoms with Crippen molar-refractivity contribution in [3.05, 3.63) is 46.0 Å². The summed E-state index contributed by atoms with van der Waals surface area (Å²) in [6, 6.07) is 5.39. The fraction of sp³-hybridized carbons (Fsp3) is 0.214. The topological polar surface area (TPSA) is 92.3 Å². The molecule has 1 aliphatic heterocycles. The number of aryl methyl sites for hydroxylation is 1. The lowest BCUT2D eigenvalue weighted by Crippen LogP contribution is -2.15. The van der Waals surface area contributed by atoms with Gasteiger partial charge < -0.3 is 14.8 Å². The van der Waals surface area contributed by atoms with Crippen molar-refractivity contribution in [1.29, 1.82) is 0 Å². The molecule has 0 radical (unpaired) electrons. The van der Waals surface area contributed by atoms with Crippen LogP contribution in [0.2, 0.25) is 0 Å². The van der Waals surface area contributed by atoms with Crippen molar-refractivity contribution >= 4 is 5.97 Å². The summed E-state index contributed by atoms with van der Waals surface area (Å²) in [7, 11) is 0. The van der Waals surface area contributed by atoms with E-state index in [1.165, 1.54) is 0 Å². The van der Waals surface area contributed by atoms with Crippen molar-refractivity contribution in [1.82, 2.24) is 9.97 Å². The van der Waals surface area contributed by atoms with E-state index in [0.717, 1.165) is 30.4 Å². The number of aromatic nitrogens is 2. The molecule has 3 rings (SSSR count). The Balaban J connectivity index is 2.15. The first-order chi connectivity index (χ1) is 9.65. The predicted molar refractivity (Wildman–Crippen MR) is 71.1 cm³/mol. The monoisotopic (exact) mass is 272 g/mol. The highest BCUT2D eigenvalue weighted by Gasteiger charge is 2.16. The van der Waals surface area contributed by atoms with Crippen LogP contribution in [0.1, 0.15) is 22.3 Å². The molecule has 0 aliphatic carbocycles. The molecule has 2 N–H and O–H groups in total. The van der Waals surface area contributed by atoms with Gasteiger partial charge in [0.25, 0.3) is 0 Å². The van der Waals surface area contributed by atoms with Gasteiger partial charge in [-0.3, -0.25) is 0 Å². The number of H-pyrrole nitrogens is 1. The van der Waals surface area contributed by atoms with Crippen molar-refractivity contribution in [3.8, 4) is 17.0 Å². The van der Waals surface area contributed by atoms with E-state index in [9.17, 15) is 9.59 Å². The molecule has 20 heavy (non-hydrogen) atoms. The lowest BCUT2D eigenvalue weighted by Gasteiger charge is -2.18. The van der Waals surface area contributed by atoms with Crippen LogP contribution in [-0.4, -0.2) is 27.7 Å². The van der Waals surface area contributed by atoms with Gasteiger partial charge in [-0.2, -0.15) is 0 Å². The third-order valence-corrected chi connectivity index (χ3v) is 3.24. The number of carbonyl (C=O) groups is 1. The number of hydrogen-bond donors (Lipinski definition) is 2. The molecule has 0 saturated carbocycles. The SMILES string of the molecule is O=C(O)c1cnc(=O)[nH]c1-c1ccc2c(c1)CCCO2. The average molecular weight is 272 g/mol. The number of carboxylic acids is 1. The summed E-state index contributed by atoms with van der Waals surface area (Å²) in [6.07, 6.45) is 2.88. The van der Waals surface area contributed by atoms with Crippen LogP contribution in [0.4, 0.5) is 0 Å². The van der Waals surface area contributed by atoms with E-state index < -0.39 is 11.7 Å². The van der Waals surface area contributed by atoms with Gasteiger partial charge >= 0.3 is 11.7 Å². The van der Waals surface area contributed by atoms with Gasteiger partial charge in [0.15, 0.2) is 0 Å². The molecule has 1 aromatic heterocycles. The number of nitrogens with zero attached hydrogens (tertiary/aromatic N) is 1. The number of fused-ring (bicyclic) bond motifs is 1. The highest BCUT2D eigenvalue weighted by Crippen LogP contribution is 2.30. The van der Waals surface area contributed by atoms with Gasteiger partial charge in [-0.1, -0.05) is 0 Å². The molecule has 0 amide bonds. The number of rotatable bonds is 2. The van der Waals surface area contributed by atoms with Crippen molar-refractivity contribution < 1.29 is 14.6 Å². The van der Waals surface area contributed by atoms with E-state index in [0.29, 0.717) is 12.2 Å². The maximum Gasteiger partial charge on any atom is 0.345 e.